The topological polar surface area (TPSA) is 15.7 Å². The summed E-state index contributed by atoms with van der Waals surface area (Å²) in [5.41, 5.74) is 0. The summed E-state index contributed by atoms with van der Waals surface area (Å²) in [6, 6.07) is 0. The first-order valence-electron chi connectivity index (χ1n) is 6.90. The molecule has 0 aromatic rings. The molecule has 0 aromatic heterocycles. The molecule has 0 aliphatic carbocycles. The molecule has 1 aliphatic rings. The van der Waals surface area contributed by atoms with Crippen LogP contribution in [-0.2, 0) is 4.74 Å². The molecule has 0 unspecified atom stereocenters. The molecule has 1 aliphatic heterocycles. The third-order valence-corrected chi connectivity index (χ3v) is 4.17. The van der Waals surface area contributed by atoms with E-state index < -0.39 is 0 Å². The molecule has 0 saturated carbocycles. The molecule has 18 heavy (non-hydrogen) atoms. The van der Waals surface area contributed by atoms with Crippen molar-refractivity contribution in [3.63, 3.8) is 0 Å². The van der Waals surface area contributed by atoms with Gasteiger partial charge < -0.3 is 4.74 Å². The predicted molar refractivity (Wildman–Crippen MR) is 84.3 cm³/mol. The average Bonchev–Trinajstić information content (AvgIpc) is 2.29. The van der Waals surface area contributed by atoms with E-state index in [1.807, 2.05) is 0 Å². The molecule has 3 nitrogen and oxygen atoms in total. The number of hydrogen-bond acceptors (Lipinski definition) is 5. The van der Waals surface area contributed by atoms with Crippen LogP contribution in [0.3, 0.4) is 0 Å². The van der Waals surface area contributed by atoms with E-state index in [2.05, 4.69) is 42.4 Å². The number of nitrogens with zero attached hydrogens (tertiary/aromatic N) is 2. The Hall–Kier alpha value is 0.580. The lowest BCUT2D eigenvalue weighted by Crippen LogP contribution is -2.47. The van der Waals surface area contributed by atoms with E-state index in [1.54, 1.807) is 10.8 Å². The average molecular weight is 293 g/mol. The van der Waals surface area contributed by atoms with Crippen molar-refractivity contribution in [2.45, 2.75) is 32.8 Å². The molecule has 1 fully saturated rings. The van der Waals surface area contributed by atoms with Crippen LogP contribution in [0.4, 0.5) is 0 Å². The summed E-state index contributed by atoms with van der Waals surface area (Å²) in [6.07, 6.45) is 3.01. The first-order chi connectivity index (χ1) is 8.61. The molecule has 0 spiro atoms. The van der Waals surface area contributed by atoms with Crippen LogP contribution in [0.15, 0.2) is 0 Å². The van der Waals surface area contributed by atoms with Gasteiger partial charge in [0.1, 0.15) is 0 Å². The maximum absolute atomic E-state index is 5.84. The Morgan fingerprint density at radius 1 is 1.50 bits per heavy atom. The molecule has 1 rings (SSSR count). The number of likely N-dealkylation sites (N-methyl/N-ethyl adjacent to an activating group) is 1. The number of hydrogen-bond donors (Lipinski definition) is 1. The highest BCUT2D eigenvalue weighted by molar-refractivity contribution is 8.68. The fourth-order valence-electron chi connectivity index (χ4n) is 2.32. The van der Waals surface area contributed by atoms with Crippen LogP contribution in [0.5, 0.6) is 0 Å². The van der Waals surface area contributed by atoms with Crippen molar-refractivity contribution in [3.05, 3.63) is 0 Å². The summed E-state index contributed by atoms with van der Waals surface area (Å²) in [5.74, 6) is 1.77. The van der Waals surface area contributed by atoms with E-state index >= 15 is 0 Å². The van der Waals surface area contributed by atoms with E-state index in [1.165, 1.54) is 19.4 Å². The molecule has 1 saturated heterocycles. The highest BCUT2D eigenvalue weighted by Gasteiger charge is 2.21. The van der Waals surface area contributed by atoms with Crippen molar-refractivity contribution in [1.29, 1.82) is 0 Å². The largest absolute Gasteiger partial charge is 0.374 e. The number of thiol groups is 1. The van der Waals surface area contributed by atoms with E-state index in [9.17, 15) is 0 Å². The summed E-state index contributed by atoms with van der Waals surface area (Å²) in [7, 11) is 3.70. The highest BCUT2D eigenvalue weighted by atomic mass is 33.1. The summed E-state index contributed by atoms with van der Waals surface area (Å²) in [4.78, 5) is 4.83. The third kappa shape index (κ3) is 7.24. The minimum absolute atomic E-state index is 0.364. The lowest BCUT2D eigenvalue weighted by atomic mass is 10.1. The molecular weight excluding hydrogens is 264 g/mol. The molecule has 0 aromatic carbocycles. The van der Waals surface area contributed by atoms with Gasteiger partial charge in [0.25, 0.3) is 0 Å². The van der Waals surface area contributed by atoms with Gasteiger partial charge in [0, 0.05) is 19.6 Å². The van der Waals surface area contributed by atoms with Crippen molar-refractivity contribution < 1.29 is 4.74 Å². The van der Waals surface area contributed by atoms with Crippen LogP contribution in [0, 0.1) is 5.92 Å². The number of rotatable bonds is 8. The first kappa shape index (κ1) is 16.6. The van der Waals surface area contributed by atoms with E-state index in [-0.39, 0.29) is 0 Å². The summed E-state index contributed by atoms with van der Waals surface area (Å²) in [6.45, 7) is 9.89. The smallest absolute Gasteiger partial charge is 0.0829 e. The number of ether oxygens (including phenoxy) is 1. The van der Waals surface area contributed by atoms with Crippen molar-refractivity contribution in [1.82, 2.24) is 9.80 Å². The molecule has 0 N–H and O–H groups in total. The summed E-state index contributed by atoms with van der Waals surface area (Å²) < 4.78 is 5.84. The molecule has 0 amide bonds. The van der Waals surface area contributed by atoms with Gasteiger partial charge in [0.15, 0.2) is 0 Å². The first-order valence-corrected chi connectivity index (χ1v) is 8.94. The minimum Gasteiger partial charge on any atom is -0.374 e. The fourth-order valence-corrected chi connectivity index (χ4v) is 3.21. The van der Waals surface area contributed by atoms with Crippen LogP contribution < -0.4 is 0 Å². The Bertz CT molecular complexity index is 217. The third-order valence-electron chi connectivity index (χ3n) is 3.27. The summed E-state index contributed by atoms with van der Waals surface area (Å²) >= 11 is 4.18. The Labute approximate surface area is 121 Å². The van der Waals surface area contributed by atoms with Gasteiger partial charge in [-0.15, -0.1) is 11.7 Å². The summed E-state index contributed by atoms with van der Waals surface area (Å²) in [5, 5.41) is 0. The molecular formula is C13H28N2OS2. The SMILES string of the molecule is CC(C)CCCN1CCO[C@H](CN(C)CSS)C1. The Kier molecular flexibility index (Phi) is 8.76. The zero-order valence-electron chi connectivity index (χ0n) is 12.0. The van der Waals surface area contributed by atoms with Crippen LogP contribution in [-0.4, -0.2) is 61.6 Å². The van der Waals surface area contributed by atoms with Crippen LogP contribution in [0.25, 0.3) is 0 Å². The van der Waals surface area contributed by atoms with Gasteiger partial charge >= 0.3 is 0 Å². The maximum atomic E-state index is 5.84. The molecule has 5 heteroatoms. The van der Waals surface area contributed by atoms with Gasteiger partial charge in [-0.3, -0.25) is 9.80 Å². The fraction of sp³-hybridized carbons (Fsp3) is 1.00. The van der Waals surface area contributed by atoms with E-state index in [0.29, 0.717) is 6.10 Å². The van der Waals surface area contributed by atoms with Crippen molar-refractivity contribution in [2.75, 3.05) is 45.7 Å². The molecule has 1 heterocycles. The predicted octanol–water partition coefficient (Wildman–Crippen LogP) is 2.59. The van der Waals surface area contributed by atoms with Gasteiger partial charge in [0.05, 0.1) is 18.6 Å². The molecule has 0 bridgehead atoms. The maximum Gasteiger partial charge on any atom is 0.0829 e. The van der Waals surface area contributed by atoms with Gasteiger partial charge in [0.2, 0.25) is 0 Å². The van der Waals surface area contributed by atoms with Gasteiger partial charge in [-0.2, -0.15) is 0 Å². The van der Waals surface area contributed by atoms with Crippen molar-refractivity contribution in [3.8, 4) is 0 Å². The lowest BCUT2D eigenvalue weighted by Gasteiger charge is -2.34. The van der Waals surface area contributed by atoms with E-state index in [4.69, 9.17) is 4.74 Å². The lowest BCUT2D eigenvalue weighted by molar-refractivity contribution is -0.0390. The number of morpholine rings is 1. The monoisotopic (exact) mass is 292 g/mol. The van der Waals surface area contributed by atoms with Crippen LogP contribution in [0.1, 0.15) is 26.7 Å². The molecule has 0 radical (unpaired) electrons. The van der Waals surface area contributed by atoms with Crippen LogP contribution in [0.2, 0.25) is 0 Å². The van der Waals surface area contributed by atoms with Gasteiger partial charge in [-0.05, 0) is 32.4 Å². The zero-order chi connectivity index (χ0) is 13.4. The second-order valence-corrected chi connectivity index (χ2v) is 6.92. The normalized spacial score (nSPS) is 22.0. The standard InChI is InChI=1S/C13H28N2OS2/c1-12(2)5-4-6-15-7-8-16-13(10-15)9-14(3)11-18-17/h12-13,17H,4-11H2,1-3H3/t13-/m1/s1. The Balaban J connectivity index is 2.19. The van der Waals surface area contributed by atoms with Gasteiger partial charge in [-0.1, -0.05) is 24.6 Å². The Morgan fingerprint density at radius 3 is 2.94 bits per heavy atom. The second kappa shape index (κ2) is 9.48. The van der Waals surface area contributed by atoms with Crippen LogP contribution >= 0.6 is 22.5 Å². The van der Waals surface area contributed by atoms with Gasteiger partial charge in [-0.25, -0.2) is 0 Å². The Morgan fingerprint density at radius 2 is 2.28 bits per heavy atom. The minimum atomic E-state index is 0.364. The molecule has 1 atom stereocenters. The highest BCUT2D eigenvalue weighted by Crippen LogP contribution is 2.12. The quantitative estimate of drug-likeness (QED) is 0.420. The zero-order valence-corrected chi connectivity index (χ0v) is 13.7. The van der Waals surface area contributed by atoms with Crippen molar-refractivity contribution in [2.24, 2.45) is 5.92 Å². The van der Waals surface area contributed by atoms with E-state index in [0.717, 1.165) is 38.0 Å². The second-order valence-electron chi connectivity index (χ2n) is 5.63. The van der Waals surface area contributed by atoms with Crippen molar-refractivity contribution >= 4 is 22.5 Å². The molecule has 108 valence electrons.